The van der Waals surface area contributed by atoms with Gasteiger partial charge in [-0.1, -0.05) is 55.1 Å². The van der Waals surface area contributed by atoms with Crippen molar-refractivity contribution in [3.8, 4) is 0 Å². The van der Waals surface area contributed by atoms with Gasteiger partial charge < -0.3 is 19.9 Å². The number of hydrogen-bond donors (Lipinski definition) is 2. The van der Waals surface area contributed by atoms with Crippen molar-refractivity contribution in [3.63, 3.8) is 0 Å². The molecule has 0 bridgehead atoms. The third-order valence-corrected chi connectivity index (χ3v) is 4.41. The summed E-state index contributed by atoms with van der Waals surface area (Å²) >= 11 is 0. The van der Waals surface area contributed by atoms with Crippen molar-refractivity contribution in [2.75, 3.05) is 13.2 Å². The molecule has 2 atom stereocenters. The van der Waals surface area contributed by atoms with E-state index in [-0.39, 0.29) is 25.4 Å². The second-order valence-corrected chi connectivity index (χ2v) is 7.07. The summed E-state index contributed by atoms with van der Waals surface area (Å²) < 4.78 is 10.0. The molecule has 1 amide bonds. The number of Topliss-reactive ketones (excluding diaryl/α,β-unsaturated/α-hetero) is 1. The van der Waals surface area contributed by atoms with E-state index < -0.39 is 24.2 Å². The van der Waals surface area contributed by atoms with E-state index in [1.54, 1.807) is 18.2 Å². The maximum atomic E-state index is 12.4. The molecular formula is C24H27NO6. The maximum Gasteiger partial charge on any atom is 0.407 e. The van der Waals surface area contributed by atoms with Gasteiger partial charge in [0.25, 0.3) is 0 Å². The SMILES string of the molecule is C=CCOC(=O)N[C@@H](CC(C)=O)C(O)COC(=O)c1cccc(Cc2ccccc2)c1. The second kappa shape index (κ2) is 12.3. The lowest BCUT2D eigenvalue weighted by Gasteiger charge is -2.22. The lowest BCUT2D eigenvalue weighted by atomic mass is 10.0. The smallest absolute Gasteiger partial charge is 0.407 e. The van der Waals surface area contributed by atoms with Crippen molar-refractivity contribution >= 4 is 17.8 Å². The number of rotatable bonds is 11. The molecule has 1 unspecified atom stereocenters. The first-order chi connectivity index (χ1) is 14.9. The van der Waals surface area contributed by atoms with Gasteiger partial charge in [0.15, 0.2) is 0 Å². The molecule has 7 nitrogen and oxygen atoms in total. The zero-order valence-electron chi connectivity index (χ0n) is 17.5. The summed E-state index contributed by atoms with van der Waals surface area (Å²) in [5.74, 6) is -0.849. The highest BCUT2D eigenvalue weighted by atomic mass is 16.6. The quantitative estimate of drug-likeness (QED) is 0.424. The average molecular weight is 425 g/mol. The van der Waals surface area contributed by atoms with E-state index in [0.29, 0.717) is 12.0 Å². The van der Waals surface area contributed by atoms with Crippen LogP contribution in [0.15, 0.2) is 67.3 Å². The van der Waals surface area contributed by atoms with Gasteiger partial charge in [-0.2, -0.15) is 0 Å². The molecule has 2 aromatic rings. The highest BCUT2D eigenvalue weighted by Gasteiger charge is 2.25. The molecule has 2 N–H and O–H groups in total. The van der Waals surface area contributed by atoms with Crippen molar-refractivity contribution in [2.45, 2.75) is 31.9 Å². The Morgan fingerprint density at radius 1 is 1.06 bits per heavy atom. The molecule has 2 rings (SSSR count). The Hall–Kier alpha value is -3.45. The summed E-state index contributed by atoms with van der Waals surface area (Å²) in [6.45, 7) is 4.37. The monoisotopic (exact) mass is 425 g/mol. The number of carbonyl (C=O) groups is 3. The first-order valence-corrected chi connectivity index (χ1v) is 9.90. The molecule has 31 heavy (non-hydrogen) atoms. The van der Waals surface area contributed by atoms with Crippen LogP contribution in [0.3, 0.4) is 0 Å². The lowest BCUT2D eigenvalue weighted by molar-refractivity contribution is -0.118. The minimum absolute atomic E-state index is 0.0109. The molecule has 0 fully saturated rings. The Labute approximate surface area is 181 Å². The molecule has 164 valence electrons. The number of carbonyl (C=O) groups excluding carboxylic acids is 3. The minimum Gasteiger partial charge on any atom is -0.459 e. The van der Waals surface area contributed by atoms with Crippen LogP contribution in [0.2, 0.25) is 0 Å². The normalized spacial score (nSPS) is 12.3. The van der Waals surface area contributed by atoms with Crippen molar-refractivity contribution in [1.29, 1.82) is 0 Å². The third kappa shape index (κ3) is 8.44. The number of benzene rings is 2. The Morgan fingerprint density at radius 3 is 2.45 bits per heavy atom. The van der Waals surface area contributed by atoms with Crippen molar-refractivity contribution in [1.82, 2.24) is 5.32 Å². The molecule has 0 aliphatic heterocycles. The molecule has 0 aliphatic rings. The number of alkyl carbamates (subject to hydrolysis) is 1. The van der Waals surface area contributed by atoms with Crippen LogP contribution in [0.4, 0.5) is 4.79 Å². The molecule has 2 aromatic carbocycles. The van der Waals surface area contributed by atoms with Crippen LogP contribution in [0.25, 0.3) is 0 Å². The summed E-state index contributed by atoms with van der Waals surface area (Å²) in [6, 6.07) is 15.9. The van der Waals surface area contributed by atoms with Gasteiger partial charge in [0.1, 0.15) is 25.1 Å². The predicted octanol–water partition coefficient (Wildman–Crippen LogP) is 3.06. The van der Waals surface area contributed by atoms with E-state index in [1.807, 2.05) is 36.4 Å². The summed E-state index contributed by atoms with van der Waals surface area (Å²) in [7, 11) is 0. The molecule has 0 saturated heterocycles. The standard InChI is InChI=1S/C24H27NO6/c1-3-12-30-24(29)25-21(13-17(2)26)22(27)16-31-23(28)20-11-7-10-19(15-20)14-18-8-5-4-6-9-18/h3-11,15,21-22,27H,1,12-14,16H2,2H3,(H,25,29)/t21-,22?/m0/s1. The van der Waals surface area contributed by atoms with E-state index in [4.69, 9.17) is 9.47 Å². The summed E-state index contributed by atoms with van der Waals surface area (Å²) in [5.41, 5.74) is 2.41. The number of ketones is 1. The number of amides is 1. The van der Waals surface area contributed by atoms with Gasteiger partial charge in [0.05, 0.1) is 11.6 Å². The Kier molecular flexibility index (Phi) is 9.45. The van der Waals surface area contributed by atoms with Crippen LogP contribution in [0, 0.1) is 0 Å². The Morgan fingerprint density at radius 2 is 1.77 bits per heavy atom. The molecule has 0 saturated carbocycles. The van der Waals surface area contributed by atoms with E-state index in [1.165, 1.54) is 13.0 Å². The topological polar surface area (TPSA) is 102 Å². The van der Waals surface area contributed by atoms with Gasteiger partial charge in [-0.05, 0) is 36.6 Å². The second-order valence-electron chi connectivity index (χ2n) is 7.07. The van der Waals surface area contributed by atoms with Gasteiger partial charge >= 0.3 is 12.1 Å². The third-order valence-electron chi connectivity index (χ3n) is 4.41. The van der Waals surface area contributed by atoms with Crippen LogP contribution in [-0.4, -0.2) is 48.3 Å². The molecule has 0 heterocycles. The largest absolute Gasteiger partial charge is 0.459 e. The molecule has 0 spiro atoms. The van der Waals surface area contributed by atoms with Crippen LogP contribution in [-0.2, 0) is 20.7 Å². The zero-order chi connectivity index (χ0) is 22.6. The molecule has 0 radical (unpaired) electrons. The highest BCUT2D eigenvalue weighted by Crippen LogP contribution is 2.13. The van der Waals surface area contributed by atoms with Gasteiger partial charge in [-0.25, -0.2) is 9.59 Å². The van der Waals surface area contributed by atoms with Crippen LogP contribution >= 0.6 is 0 Å². The molecule has 0 aliphatic carbocycles. The lowest BCUT2D eigenvalue weighted by Crippen LogP contribution is -2.46. The Bertz CT molecular complexity index is 896. The number of nitrogens with one attached hydrogen (secondary N) is 1. The van der Waals surface area contributed by atoms with Crippen molar-refractivity contribution < 1.29 is 29.0 Å². The van der Waals surface area contributed by atoms with E-state index in [9.17, 15) is 19.5 Å². The van der Waals surface area contributed by atoms with Crippen LogP contribution < -0.4 is 5.32 Å². The van der Waals surface area contributed by atoms with Gasteiger partial charge in [-0.3, -0.25) is 4.79 Å². The fourth-order valence-electron chi connectivity index (χ4n) is 2.92. The van der Waals surface area contributed by atoms with Crippen LogP contribution in [0.1, 0.15) is 34.8 Å². The fraction of sp³-hybridized carbons (Fsp3) is 0.292. The Balaban J connectivity index is 1.95. The molecule has 0 aromatic heterocycles. The fourth-order valence-corrected chi connectivity index (χ4v) is 2.92. The average Bonchev–Trinajstić information content (AvgIpc) is 2.76. The van der Waals surface area contributed by atoms with E-state index in [2.05, 4.69) is 11.9 Å². The maximum absolute atomic E-state index is 12.4. The minimum atomic E-state index is -1.28. The zero-order valence-corrected chi connectivity index (χ0v) is 17.5. The van der Waals surface area contributed by atoms with Crippen molar-refractivity contribution in [2.24, 2.45) is 0 Å². The first-order valence-electron chi connectivity index (χ1n) is 9.90. The summed E-state index contributed by atoms with van der Waals surface area (Å²) in [6.07, 6.45) is -0.151. The molecule has 7 heteroatoms. The van der Waals surface area contributed by atoms with Crippen LogP contribution in [0.5, 0.6) is 0 Å². The number of hydrogen-bond acceptors (Lipinski definition) is 6. The number of aliphatic hydroxyl groups is 1. The van der Waals surface area contributed by atoms with Gasteiger partial charge in [0, 0.05) is 6.42 Å². The molecular weight excluding hydrogens is 398 g/mol. The highest BCUT2D eigenvalue weighted by molar-refractivity contribution is 5.89. The van der Waals surface area contributed by atoms with E-state index in [0.717, 1.165) is 11.1 Å². The number of ether oxygens (including phenoxy) is 2. The van der Waals surface area contributed by atoms with Gasteiger partial charge in [-0.15, -0.1) is 0 Å². The number of aliphatic hydroxyl groups excluding tert-OH is 1. The number of esters is 1. The van der Waals surface area contributed by atoms with Gasteiger partial charge in [0.2, 0.25) is 0 Å². The van der Waals surface area contributed by atoms with Crippen molar-refractivity contribution in [3.05, 3.63) is 83.9 Å². The van der Waals surface area contributed by atoms with E-state index >= 15 is 0 Å². The summed E-state index contributed by atoms with van der Waals surface area (Å²) in [5, 5.41) is 12.8. The summed E-state index contributed by atoms with van der Waals surface area (Å²) in [4.78, 5) is 35.6. The predicted molar refractivity (Wildman–Crippen MR) is 116 cm³/mol. The first kappa shape index (κ1) is 23.8.